The lowest BCUT2D eigenvalue weighted by atomic mass is 10.2. The van der Waals surface area contributed by atoms with Gasteiger partial charge in [-0.25, -0.2) is 0 Å². The van der Waals surface area contributed by atoms with E-state index in [0.29, 0.717) is 12.6 Å². The molecule has 0 spiro atoms. The van der Waals surface area contributed by atoms with Gasteiger partial charge < -0.3 is 14.4 Å². The first-order chi connectivity index (χ1) is 5.84. The molecule has 1 rings (SSSR count). The van der Waals surface area contributed by atoms with Crippen molar-refractivity contribution in [3.05, 3.63) is 0 Å². The highest BCUT2D eigenvalue weighted by Gasteiger charge is 2.20. The quantitative estimate of drug-likeness (QED) is 0.572. The average molecular weight is 173 g/mol. The molecule has 0 saturated carbocycles. The number of ether oxygens (including phenoxy) is 2. The third kappa shape index (κ3) is 3.09. The maximum atomic E-state index is 5.46. The summed E-state index contributed by atoms with van der Waals surface area (Å²) >= 11 is 0. The van der Waals surface area contributed by atoms with Crippen LogP contribution in [-0.4, -0.2) is 51.5 Å². The van der Waals surface area contributed by atoms with Crippen LogP contribution in [-0.2, 0) is 9.47 Å². The summed E-state index contributed by atoms with van der Waals surface area (Å²) in [4.78, 5) is 2.37. The highest BCUT2D eigenvalue weighted by atomic mass is 16.5. The molecule has 1 aliphatic heterocycles. The van der Waals surface area contributed by atoms with Crippen molar-refractivity contribution >= 4 is 0 Å². The number of hydrogen-bond acceptors (Lipinski definition) is 3. The summed E-state index contributed by atoms with van der Waals surface area (Å²) < 4.78 is 10.4. The lowest BCUT2D eigenvalue weighted by Crippen LogP contribution is -2.29. The fourth-order valence-corrected chi connectivity index (χ4v) is 1.55. The van der Waals surface area contributed by atoms with Gasteiger partial charge in [0.2, 0.25) is 0 Å². The molecule has 0 unspecified atom stereocenters. The van der Waals surface area contributed by atoms with Gasteiger partial charge in [-0.15, -0.1) is 0 Å². The molecule has 1 fully saturated rings. The minimum Gasteiger partial charge on any atom is -0.382 e. The molecule has 72 valence electrons. The zero-order valence-electron chi connectivity index (χ0n) is 8.08. The zero-order chi connectivity index (χ0) is 8.81. The van der Waals surface area contributed by atoms with E-state index in [1.165, 1.54) is 19.4 Å². The maximum absolute atomic E-state index is 5.46. The summed E-state index contributed by atoms with van der Waals surface area (Å²) in [5.41, 5.74) is 0. The summed E-state index contributed by atoms with van der Waals surface area (Å²) in [6.45, 7) is 3.51. The number of rotatable bonds is 5. The number of hydrogen-bond donors (Lipinski definition) is 0. The predicted molar refractivity (Wildman–Crippen MR) is 48.3 cm³/mol. The Bertz CT molecular complexity index is 119. The van der Waals surface area contributed by atoms with E-state index < -0.39 is 0 Å². The highest BCUT2D eigenvalue weighted by Crippen LogP contribution is 2.14. The van der Waals surface area contributed by atoms with Crippen LogP contribution in [0, 0.1) is 0 Å². The summed E-state index contributed by atoms with van der Waals surface area (Å²) in [5.74, 6) is 0. The molecular formula is C9H19NO2. The number of likely N-dealkylation sites (N-methyl/N-ethyl adjacent to an activating group) is 1. The molecule has 0 aromatic carbocycles. The number of methoxy groups -OCH3 is 1. The van der Waals surface area contributed by atoms with E-state index in [4.69, 9.17) is 9.47 Å². The van der Waals surface area contributed by atoms with Crippen molar-refractivity contribution in [1.82, 2.24) is 4.90 Å². The van der Waals surface area contributed by atoms with Crippen LogP contribution in [0.15, 0.2) is 0 Å². The Morgan fingerprint density at radius 1 is 1.42 bits per heavy atom. The van der Waals surface area contributed by atoms with E-state index in [-0.39, 0.29) is 0 Å². The summed E-state index contributed by atoms with van der Waals surface area (Å²) in [6.07, 6.45) is 2.60. The molecule has 0 aromatic rings. The molecule has 0 aliphatic carbocycles. The molecular weight excluding hydrogens is 154 g/mol. The van der Waals surface area contributed by atoms with Crippen LogP contribution in [0.2, 0.25) is 0 Å². The molecule has 1 aliphatic rings. The van der Waals surface area contributed by atoms with Gasteiger partial charge in [-0.05, 0) is 26.4 Å². The third-order valence-electron chi connectivity index (χ3n) is 2.41. The van der Waals surface area contributed by atoms with Gasteiger partial charge in [0.25, 0.3) is 0 Å². The molecule has 1 atom stereocenters. The molecule has 1 saturated heterocycles. The van der Waals surface area contributed by atoms with Gasteiger partial charge in [0, 0.05) is 13.2 Å². The van der Waals surface area contributed by atoms with Crippen molar-refractivity contribution in [1.29, 1.82) is 0 Å². The lowest BCUT2D eigenvalue weighted by molar-refractivity contribution is 0.0452. The average Bonchev–Trinajstić information content (AvgIpc) is 2.46. The standard InChI is InChI=1S/C9H19NO2/c1-10-5-3-4-9(10)8-12-7-6-11-2/h9H,3-8H2,1-2H3/t9-/m0/s1. The van der Waals surface area contributed by atoms with E-state index in [1.807, 2.05) is 0 Å². The Hall–Kier alpha value is -0.120. The minimum absolute atomic E-state index is 0.641. The van der Waals surface area contributed by atoms with Crippen molar-refractivity contribution in [3.63, 3.8) is 0 Å². The predicted octanol–water partition coefficient (Wildman–Crippen LogP) is 0.744. The van der Waals surface area contributed by atoms with Gasteiger partial charge in [-0.2, -0.15) is 0 Å². The largest absolute Gasteiger partial charge is 0.382 e. The topological polar surface area (TPSA) is 21.7 Å². The molecule has 3 heteroatoms. The number of likely N-dealkylation sites (tertiary alicyclic amines) is 1. The first-order valence-electron chi connectivity index (χ1n) is 4.61. The Morgan fingerprint density at radius 3 is 2.83 bits per heavy atom. The number of nitrogens with zero attached hydrogens (tertiary/aromatic N) is 1. The smallest absolute Gasteiger partial charge is 0.0701 e. The summed E-state index contributed by atoms with van der Waals surface area (Å²) in [5, 5.41) is 0. The molecule has 0 radical (unpaired) electrons. The van der Waals surface area contributed by atoms with Crippen LogP contribution in [0.1, 0.15) is 12.8 Å². The van der Waals surface area contributed by atoms with Crippen LogP contribution >= 0.6 is 0 Å². The molecule has 3 nitrogen and oxygen atoms in total. The molecule has 0 amide bonds. The van der Waals surface area contributed by atoms with Crippen molar-refractivity contribution in [2.75, 3.05) is 40.5 Å². The maximum Gasteiger partial charge on any atom is 0.0701 e. The second-order valence-corrected chi connectivity index (χ2v) is 3.34. The van der Waals surface area contributed by atoms with E-state index >= 15 is 0 Å². The summed E-state index contributed by atoms with van der Waals surface area (Å²) in [6, 6.07) is 0.641. The Labute approximate surface area is 74.6 Å². The van der Waals surface area contributed by atoms with Crippen molar-refractivity contribution in [3.8, 4) is 0 Å². The van der Waals surface area contributed by atoms with Gasteiger partial charge >= 0.3 is 0 Å². The van der Waals surface area contributed by atoms with Crippen LogP contribution < -0.4 is 0 Å². The first-order valence-corrected chi connectivity index (χ1v) is 4.61. The second kappa shape index (κ2) is 5.51. The molecule has 12 heavy (non-hydrogen) atoms. The Kier molecular flexibility index (Phi) is 4.58. The second-order valence-electron chi connectivity index (χ2n) is 3.34. The molecule has 1 heterocycles. The van der Waals surface area contributed by atoms with E-state index in [1.54, 1.807) is 7.11 Å². The lowest BCUT2D eigenvalue weighted by Gasteiger charge is -2.18. The zero-order valence-corrected chi connectivity index (χ0v) is 8.08. The third-order valence-corrected chi connectivity index (χ3v) is 2.41. The molecule has 0 bridgehead atoms. The Balaban J connectivity index is 1.98. The Morgan fingerprint density at radius 2 is 2.25 bits per heavy atom. The van der Waals surface area contributed by atoms with Crippen molar-refractivity contribution < 1.29 is 9.47 Å². The van der Waals surface area contributed by atoms with Crippen LogP contribution in [0.25, 0.3) is 0 Å². The van der Waals surface area contributed by atoms with Crippen molar-refractivity contribution in [2.45, 2.75) is 18.9 Å². The van der Waals surface area contributed by atoms with E-state index in [9.17, 15) is 0 Å². The van der Waals surface area contributed by atoms with E-state index in [2.05, 4.69) is 11.9 Å². The van der Waals surface area contributed by atoms with Gasteiger partial charge in [0.05, 0.1) is 19.8 Å². The first kappa shape index (κ1) is 9.96. The fourth-order valence-electron chi connectivity index (χ4n) is 1.55. The monoisotopic (exact) mass is 173 g/mol. The van der Waals surface area contributed by atoms with Gasteiger partial charge in [0.15, 0.2) is 0 Å². The van der Waals surface area contributed by atoms with Crippen LogP contribution in [0.4, 0.5) is 0 Å². The SMILES string of the molecule is COCCOC[C@@H]1CCCN1C. The van der Waals surface area contributed by atoms with Gasteiger partial charge in [-0.3, -0.25) is 0 Å². The minimum atomic E-state index is 0.641. The highest BCUT2D eigenvalue weighted by molar-refractivity contribution is 4.75. The van der Waals surface area contributed by atoms with Crippen LogP contribution in [0.3, 0.4) is 0 Å². The fraction of sp³-hybridized carbons (Fsp3) is 1.00. The molecule has 0 aromatic heterocycles. The van der Waals surface area contributed by atoms with Crippen molar-refractivity contribution in [2.24, 2.45) is 0 Å². The van der Waals surface area contributed by atoms with Crippen LogP contribution in [0.5, 0.6) is 0 Å². The van der Waals surface area contributed by atoms with Gasteiger partial charge in [-0.1, -0.05) is 0 Å². The summed E-state index contributed by atoms with van der Waals surface area (Å²) in [7, 11) is 3.86. The normalized spacial score (nSPS) is 25.0. The molecule has 0 N–H and O–H groups in total. The van der Waals surface area contributed by atoms with E-state index in [0.717, 1.165) is 13.2 Å². The van der Waals surface area contributed by atoms with Gasteiger partial charge in [0.1, 0.15) is 0 Å².